The number of anilines is 1. The first-order valence-corrected chi connectivity index (χ1v) is 6.41. The SMILES string of the molecule is Cc1ccc(NC(=O)CN2CCOCC2)c([N+](=O)[O-])c1. The summed E-state index contributed by atoms with van der Waals surface area (Å²) in [7, 11) is 0. The Balaban J connectivity index is 2.01. The maximum Gasteiger partial charge on any atom is 0.293 e. The molecular weight excluding hydrogens is 262 g/mol. The van der Waals surface area contributed by atoms with Crippen LogP contribution >= 0.6 is 0 Å². The molecule has 0 spiro atoms. The maximum atomic E-state index is 11.9. The number of rotatable bonds is 4. The second kappa shape index (κ2) is 6.44. The number of aryl methyl sites for hydroxylation is 1. The van der Waals surface area contributed by atoms with E-state index >= 15 is 0 Å². The zero-order valence-electron chi connectivity index (χ0n) is 11.3. The molecule has 0 bridgehead atoms. The van der Waals surface area contributed by atoms with Crippen molar-refractivity contribution in [1.82, 2.24) is 4.90 Å². The number of benzene rings is 1. The topological polar surface area (TPSA) is 84.7 Å². The van der Waals surface area contributed by atoms with Crippen LogP contribution < -0.4 is 5.32 Å². The van der Waals surface area contributed by atoms with Crippen molar-refractivity contribution in [3.8, 4) is 0 Å². The van der Waals surface area contributed by atoms with E-state index in [0.29, 0.717) is 26.3 Å². The minimum atomic E-state index is -0.489. The number of nitrogens with one attached hydrogen (secondary N) is 1. The lowest BCUT2D eigenvalue weighted by atomic mass is 10.2. The lowest BCUT2D eigenvalue weighted by molar-refractivity contribution is -0.384. The molecule has 0 atom stereocenters. The Morgan fingerprint density at radius 2 is 2.15 bits per heavy atom. The van der Waals surface area contributed by atoms with E-state index in [-0.39, 0.29) is 23.8 Å². The van der Waals surface area contributed by atoms with Crippen LogP contribution in [-0.4, -0.2) is 48.6 Å². The number of morpholine rings is 1. The van der Waals surface area contributed by atoms with Gasteiger partial charge in [0.15, 0.2) is 0 Å². The standard InChI is InChI=1S/C13H17N3O4/c1-10-2-3-11(12(8-10)16(18)19)14-13(17)9-15-4-6-20-7-5-15/h2-3,8H,4-7,9H2,1H3,(H,14,17). The molecule has 1 saturated heterocycles. The molecule has 0 aromatic heterocycles. The molecule has 7 heteroatoms. The van der Waals surface area contributed by atoms with Crippen LogP contribution in [-0.2, 0) is 9.53 Å². The molecule has 1 aromatic rings. The van der Waals surface area contributed by atoms with E-state index in [1.807, 2.05) is 4.90 Å². The van der Waals surface area contributed by atoms with Crippen LogP contribution in [0, 0.1) is 17.0 Å². The van der Waals surface area contributed by atoms with Crippen molar-refractivity contribution >= 4 is 17.3 Å². The number of nitrogens with zero attached hydrogens (tertiary/aromatic N) is 2. The summed E-state index contributed by atoms with van der Waals surface area (Å²) in [5, 5.41) is 13.6. The zero-order chi connectivity index (χ0) is 14.5. The van der Waals surface area contributed by atoms with E-state index in [1.54, 1.807) is 19.1 Å². The molecule has 1 aliphatic rings. The van der Waals surface area contributed by atoms with Gasteiger partial charge in [0, 0.05) is 19.2 Å². The Labute approximate surface area is 116 Å². The van der Waals surface area contributed by atoms with Gasteiger partial charge in [0.1, 0.15) is 5.69 Å². The minimum Gasteiger partial charge on any atom is -0.379 e. The van der Waals surface area contributed by atoms with Crippen LogP contribution in [0.4, 0.5) is 11.4 Å². The van der Waals surface area contributed by atoms with E-state index in [2.05, 4.69) is 5.32 Å². The Morgan fingerprint density at radius 3 is 2.80 bits per heavy atom. The fourth-order valence-corrected chi connectivity index (χ4v) is 2.05. The molecule has 20 heavy (non-hydrogen) atoms. The zero-order valence-corrected chi connectivity index (χ0v) is 11.3. The van der Waals surface area contributed by atoms with Gasteiger partial charge in [0.25, 0.3) is 5.69 Å². The van der Waals surface area contributed by atoms with Crippen LogP contribution in [0.1, 0.15) is 5.56 Å². The van der Waals surface area contributed by atoms with E-state index in [4.69, 9.17) is 4.74 Å². The third-order valence-electron chi connectivity index (χ3n) is 3.09. The minimum absolute atomic E-state index is 0.0830. The maximum absolute atomic E-state index is 11.9. The third-order valence-corrected chi connectivity index (χ3v) is 3.09. The fourth-order valence-electron chi connectivity index (χ4n) is 2.05. The number of carbonyl (C=O) groups excluding carboxylic acids is 1. The number of nitro groups is 1. The average molecular weight is 279 g/mol. The summed E-state index contributed by atoms with van der Waals surface area (Å²) in [5.41, 5.74) is 0.932. The first-order valence-electron chi connectivity index (χ1n) is 6.41. The summed E-state index contributed by atoms with van der Waals surface area (Å²) in [6.45, 7) is 4.60. The van der Waals surface area contributed by atoms with Gasteiger partial charge in [-0.3, -0.25) is 19.8 Å². The predicted octanol–water partition coefficient (Wildman–Crippen LogP) is 1.17. The van der Waals surface area contributed by atoms with Crippen LogP contribution in [0.2, 0.25) is 0 Å². The highest BCUT2D eigenvalue weighted by molar-refractivity contribution is 5.94. The molecule has 1 aliphatic heterocycles. The van der Waals surface area contributed by atoms with Gasteiger partial charge in [-0.1, -0.05) is 6.07 Å². The lowest BCUT2D eigenvalue weighted by Gasteiger charge is -2.25. The highest BCUT2D eigenvalue weighted by Gasteiger charge is 2.18. The first-order chi connectivity index (χ1) is 9.56. The molecule has 0 unspecified atom stereocenters. The second-order valence-electron chi connectivity index (χ2n) is 4.71. The highest BCUT2D eigenvalue weighted by atomic mass is 16.6. The summed E-state index contributed by atoms with van der Waals surface area (Å²) in [6, 6.07) is 4.74. The quantitative estimate of drug-likeness (QED) is 0.660. The monoisotopic (exact) mass is 279 g/mol. The Kier molecular flexibility index (Phi) is 4.65. The van der Waals surface area contributed by atoms with Gasteiger partial charge in [-0.05, 0) is 18.6 Å². The van der Waals surface area contributed by atoms with Crippen LogP contribution in [0.3, 0.4) is 0 Å². The van der Waals surface area contributed by atoms with Crippen LogP contribution in [0.25, 0.3) is 0 Å². The van der Waals surface area contributed by atoms with E-state index in [9.17, 15) is 14.9 Å². The number of amides is 1. The Morgan fingerprint density at radius 1 is 1.45 bits per heavy atom. The van der Waals surface area contributed by atoms with Crippen LogP contribution in [0.5, 0.6) is 0 Å². The van der Waals surface area contributed by atoms with Crippen molar-refractivity contribution in [2.45, 2.75) is 6.92 Å². The first kappa shape index (κ1) is 14.4. The van der Waals surface area contributed by atoms with Gasteiger partial charge < -0.3 is 10.1 Å². The lowest BCUT2D eigenvalue weighted by Crippen LogP contribution is -2.41. The number of ether oxygens (including phenoxy) is 1. The number of hydrogen-bond donors (Lipinski definition) is 1. The van der Waals surface area contributed by atoms with Gasteiger partial charge in [-0.25, -0.2) is 0 Å². The van der Waals surface area contributed by atoms with Crippen molar-refractivity contribution in [2.24, 2.45) is 0 Å². The van der Waals surface area contributed by atoms with E-state index < -0.39 is 4.92 Å². The molecule has 0 radical (unpaired) electrons. The van der Waals surface area contributed by atoms with Gasteiger partial charge in [-0.15, -0.1) is 0 Å². The predicted molar refractivity (Wildman–Crippen MR) is 73.7 cm³/mol. The fraction of sp³-hybridized carbons (Fsp3) is 0.462. The Hall–Kier alpha value is -1.99. The summed E-state index contributed by atoms with van der Waals surface area (Å²) in [4.78, 5) is 24.4. The molecule has 1 N–H and O–H groups in total. The summed E-state index contributed by atoms with van der Waals surface area (Å²) < 4.78 is 5.20. The molecule has 7 nitrogen and oxygen atoms in total. The van der Waals surface area contributed by atoms with E-state index in [1.165, 1.54) is 6.07 Å². The van der Waals surface area contributed by atoms with Gasteiger partial charge >= 0.3 is 0 Å². The van der Waals surface area contributed by atoms with Gasteiger partial charge in [-0.2, -0.15) is 0 Å². The van der Waals surface area contributed by atoms with Crippen LogP contribution in [0.15, 0.2) is 18.2 Å². The second-order valence-corrected chi connectivity index (χ2v) is 4.71. The molecule has 1 heterocycles. The van der Waals surface area contributed by atoms with Crippen molar-refractivity contribution in [3.63, 3.8) is 0 Å². The largest absolute Gasteiger partial charge is 0.379 e. The van der Waals surface area contributed by atoms with Gasteiger partial charge in [0.2, 0.25) is 5.91 Å². The average Bonchev–Trinajstić information content (AvgIpc) is 2.41. The molecule has 0 saturated carbocycles. The normalized spacial score (nSPS) is 15.8. The number of nitro benzene ring substituents is 1. The smallest absolute Gasteiger partial charge is 0.293 e. The summed E-state index contributed by atoms with van der Waals surface area (Å²) in [6.07, 6.45) is 0. The van der Waals surface area contributed by atoms with Crippen molar-refractivity contribution < 1.29 is 14.5 Å². The molecule has 1 aromatic carbocycles. The van der Waals surface area contributed by atoms with E-state index in [0.717, 1.165) is 5.56 Å². The highest BCUT2D eigenvalue weighted by Crippen LogP contribution is 2.25. The van der Waals surface area contributed by atoms with Crippen molar-refractivity contribution in [1.29, 1.82) is 0 Å². The molecule has 1 fully saturated rings. The van der Waals surface area contributed by atoms with Crippen molar-refractivity contribution in [2.75, 3.05) is 38.2 Å². The molecule has 2 rings (SSSR count). The molecule has 0 aliphatic carbocycles. The number of hydrogen-bond acceptors (Lipinski definition) is 5. The molecular formula is C13H17N3O4. The Bertz CT molecular complexity index is 512. The summed E-state index contributed by atoms with van der Waals surface area (Å²) >= 11 is 0. The third kappa shape index (κ3) is 3.75. The summed E-state index contributed by atoms with van der Waals surface area (Å²) in [5.74, 6) is -0.251. The van der Waals surface area contributed by atoms with Crippen molar-refractivity contribution in [3.05, 3.63) is 33.9 Å². The molecule has 108 valence electrons. The molecule has 1 amide bonds. The number of carbonyl (C=O) groups is 1. The van der Waals surface area contributed by atoms with Gasteiger partial charge in [0.05, 0.1) is 24.7 Å².